The van der Waals surface area contributed by atoms with Gasteiger partial charge in [-0.05, 0) is 30.7 Å². The normalized spacial score (nSPS) is 12.4. The van der Waals surface area contributed by atoms with E-state index in [2.05, 4.69) is 4.98 Å². The predicted molar refractivity (Wildman–Crippen MR) is 59.4 cm³/mol. The molecule has 1 unspecified atom stereocenters. The third-order valence-corrected chi connectivity index (χ3v) is 2.44. The van der Waals surface area contributed by atoms with Crippen molar-refractivity contribution >= 4 is 0 Å². The van der Waals surface area contributed by atoms with Crippen LogP contribution in [-0.2, 0) is 0 Å². The third kappa shape index (κ3) is 2.25. The molecule has 0 aliphatic rings. The first-order chi connectivity index (χ1) is 7.66. The van der Waals surface area contributed by atoms with Gasteiger partial charge in [0.15, 0.2) is 0 Å². The Kier molecular flexibility index (Phi) is 2.97. The molecular weight excluding hydrogens is 205 g/mol. The van der Waals surface area contributed by atoms with Gasteiger partial charge in [0.05, 0.1) is 0 Å². The summed E-state index contributed by atoms with van der Waals surface area (Å²) >= 11 is 0. The van der Waals surface area contributed by atoms with Crippen LogP contribution < -0.4 is 0 Å². The van der Waals surface area contributed by atoms with Crippen molar-refractivity contribution in [1.82, 2.24) is 4.98 Å². The van der Waals surface area contributed by atoms with E-state index in [0.29, 0.717) is 11.1 Å². The predicted octanol–water partition coefficient (Wildman–Crippen LogP) is 2.61. The smallest absolute Gasteiger partial charge is 0.123 e. The van der Waals surface area contributed by atoms with Crippen LogP contribution >= 0.6 is 0 Å². The molecule has 0 radical (unpaired) electrons. The second-order valence-corrected chi connectivity index (χ2v) is 3.69. The molecule has 2 nitrogen and oxygen atoms in total. The molecule has 0 aliphatic heterocycles. The van der Waals surface area contributed by atoms with E-state index in [-0.39, 0.29) is 5.82 Å². The second-order valence-electron chi connectivity index (χ2n) is 3.69. The van der Waals surface area contributed by atoms with Crippen molar-refractivity contribution < 1.29 is 9.50 Å². The lowest BCUT2D eigenvalue weighted by atomic mass is 10.0. The van der Waals surface area contributed by atoms with E-state index >= 15 is 0 Å². The van der Waals surface area contributed by atoms with Crippen LogP contribution in [0.2, 0.25) is 0 Å². The van der Waals surface area contributed by atoms with Crippen molar-refractivity contribution in [3.05, 3.63) is 65.2 Å². The van der Waals surface area contributed by atoms with Gasteiger partial charge in [-0.2, -0.15) is 0 Å². The lowest BCUT2D eigenvalue weighted by Gasteiger charge is -2.10. The number of aliphatic hydroxyl groups excluding tert-OH is 1. The van der Waals surface area contributed by atoms with Gasteiger partial charge in [-0.3, -0.25) is 4.98 Å². The Morgan fingerprint density at radius 1 is 1.06 bits per heavy atom. The Hall–Kier alpha value is -1.74. The molecule has 1 atom stereocenters. The Morgan fingerprint density at radius 2 is 1.69 bits per heavy atom. The molecule has 2 rings (SSSR count). The summed E-state index contributed by atoms with van der Waals surface area (Å²) in [6, 6.07) is 9.46. The molecule has 0 amide bonds. The monoisotopic (exact) mass is 217 g/mol. The van der Waals surface area contributed by atoms with Crippen LogP contribution in [0.1, 0.15) is 22.9 Å². The van der Waals surface area contributed by atoms with Gasteiger partial charge in [-0.1, -0.05) is 18.2 Å². The number of benzene rings is 1. The largest absolute Gasteiger partial charge is 0.384 e. The molecule has 1 N–H and O–H groups in total. The second kappa shape index (κ2) is 4.41. The van der Waals surface area contributed by atoms with E-state index in [4.69, 9.17) is 0 Å². The standard InChI is InChI=1S/C13H12FNO/c1-9-2-3-11(8-15-9)13(16)10-4-6-12(14)7-5-10/h2-8,13,16H,1H3. The molecule has 1 aromatic carbocycles. The third-order valence-electron chi connectivity index (χ3n) is 2.44. The highest BCUT2D eigenvalue weighted by molar-refractivity contribution is 5.28. The van der Waals surface area contributed by atoms with E-state index in [0.717, 1.165) is 5.69 Å². The minimum absolute atomic E-state index is 0.307. The van der Waals surface area contributed by atoms with Crippen molar-refractivity contribution in [2.45, 2.75) is 13.0 Å². The van der Waals surface area contributed by atoms with Crippen LogP contribution in [-0.4, -0.2) is 10.1 Å². The molecule has 3 heteroatoms. The van der Waals surface area contributed by atoms with E-state index < -0.39 is 6.10 Å². The topological polar surface area (TPSA) is 33.1 Å². The fourth-order valence-corrected chi connectivity index (χ4v) is 1.48. The van der Waals surface area contributed by atoms with Gasteiger partial charge in [0.25, 0.3) is 0 Å². The van der Waals surface area contributed by atoms with Gasteiger partial charge in [0, 0.05) is 17.5 Å². The van der Waals surface area contributed by atoms with E-state index in [9.17, 15) is 9.50 Å². The zero-order valence-electron chi connectivity index (χ0n) is 8.89. The number of rotatable bonds is 2. The first-order valence-corrected chi connectivity index (χ1v) is 5.03. The average molecular weight is 217 g/mol. The molecule has 0 saturated heterocycles. The summed E-state index contributed by atoms with van der Waals surface area (Å²) in [7, 11) is 0. The maximum Gasteiger partial charge on any atom is 0.123 e. The number of nitrogens with zero attached hydrogens (tertiary/aromatic N) is 1. The molecule has 1 heterocycles. The summed E-state index contributed by atoms with van der Waals surface area (Å²) < 4.78 is 12.7. The number of aliphatic hydroxyl groups is 1. The van der Waals surface area contributed by atoms with Gasteiger partial charge < -0.3 is 5.11 Å². The highest BCUT2D eigenvalue weighted by atomic mass is 19.1. The Labute approximate surface area is 93.4 Å². The first kappa shape index (κ1) is 10.8. The minimum Gasteiger partial charge on any atom is -0.384 e. The Bertz CT molecular complexity index is 419. The Morgan fingerprint density at radius 3 is 2.25 bits per heavy atom. The zero-order chi connectivity index (χ0) is 11.5. The maximum absolute atomic E-state index is 12.7. The SMILES string of the molecule is Cc1ccc(C(O)c2ccc(F)cc2)cn1. The average Bonchev–Trinajstić information content (AvgIpc) is 2.30. The highest BCUT2D eigenvalue weighted by Gasteiger charge is 2.10. The highest BCUT2D eigenvalue weighted by Crippen LogP contribution is 2.21. The van der Waals surface area contributed by atoms with Crippen LogP contribution in [0.15, 0.2) is 42.6 Å². The minimum atomic E-state index is -0.756. The molecule has 82 valence electrons. The number of pyridine rings is 1. The van der Waals surface area contributed by atoms with Crippen LogP contribution in [0, 0.1) is 12.7 Å². The van der Waals surface area contributed by atoms with Crippen molar-refractivity contribution in [2.75, 3.05) is 0 Å². The van der Waals surface area contributed by atoms with Crippen molar-refractivity contribution in [2.24, 2.45) is 0 Å². The van der Waals surface area contributed by atoms with Crippen LogP contribution in [0.4, 0.5) is 4.39 Å². The fourth-order valence-electron chi connectivity index (χ4n) is 1.48. The Balaban J connectivity index is 2.28. The molecule has 0 spiro atoms. The summed E-state index contributed by atoms with van der Waals surface area (Å²) in [5, 5.41) is 10.0. The number of hydrogen-bond acceptors (Lipinski definition) is 2. The van der Waals surface area contributed by atoms with Gasteiger partial charge in [-0.25, -0.2) is 4.39 Å². The van der Waals surface area contributed by atoms with Crippen molar-refractivity contribution in [1.29, 1.82) is 0 Å². The molecule has 0 aliphatic carbocycles. The molecule has 0 bridgehead atoms. The molecule has 2 aromatic rings. The molecular formula is C13H12FNO. The number of aromatic nitrogens is 1. The summed E-state index contributed by atoms with van der Waals surface area (Å²) in [6.07, 6.45) is 0.872. The number of aryl methyl sites for hydroxylation is 1. The number of halogens is 1. The zero-order valence-corrected chi connectivity index (χ0v) is 8.89. The quantitative estimate of drug-likeness (QED) is 0.838. The fraction of sp³-hybridized carbons (Fsp3) is 0.154. The van der Waals surface area contributed by atoms with E-state index in [1.54, 1.807) is 18.3 Å². The molecule has 0 fully saturated rings. The lowest BCUT2D eigenvalue weighted by Crippen LogP contribution is -2.00. The maximum atomic E-state index is 12.7. The first-order valence-electron chi connectivity index (χ1n) is 5.03. The molecule has 0 saturated carbocycles. The van der Waals surface area contributed by atoms with Gasteiger partial charge in [0.1, 0.15) is 11.9 Å². The van der Waals surface area contributed by atoms with Gasteiger partial charge in [-0.15, -0.1) is 0 Å². The number of hydrogen-bond donors (Lipinski definition) is 1. The summed E-state index contributed by atoms with van der Waals surface area (Å²) in [5.74, 6) is -0.307. The van der Waals surface area contributed by atoms with E-state index in [1.807, 2.05) is 19.1 Å². The van der Waals surface area contributed by atoms with Gasteiger partial charge >= 0.3 is 0 Å². The summed E-state index contributed by atoms with van der Waals surface area (Å²) in [4.78, 5) is 4.11. The van der Waals surface area contributed by atoms with Crippen LogP contribution in [0.5, 0.6) is 0 Å². The molecule has 1 aromatic heterocycles. The van der Waals surface area contributed by atoms with Crippen molar-refractivity contribution in [3.63, 3.8) is 0 Å². The lowest BCUT2D eigenvalue weighted by molar-refractivity contribution is 0.219. The summed E-state index contributed by atoms with van der Waals surface area (Å²) in [5.41, 5.74) is 2.26. The van der Waals surface area contributed by atoms with E-state index in [1.165, 1.54) is 12.1 Å². The summed E-state index contributed by atoms with van der Waals surface area (Å²) in [6.45, 7) is 1.88. The van der Waals surface area contributed by atoms with Crippen LogP contribution in [0.25, 0.3) is 0 Å². The van der Waals surface area contributed by atoms with Crippen molar-refractivity contribution in [3.8, 4) is 0 Å². The van der Waals surface area contributed by atoms with Crippen LogP contribution in [0.3, 0.4) is 0 Å². The molecule has 16 heavy (non-hydrogen) atoms. The van der Waals surface area contributed by atoms with Gasteiger partial charge in [0.2, 0.25) is 0 Å².